The van der Waals surface area contributed by atoms with Crippen molar-refractivity contribution < 1.29 is 210 Å². The fourth-order valence-electron chi connectivity index (χ4n) is 14.4. The van der Waals surface area contributed by atoms with Crippen molar-refractivity contribution in [3.63, 3.8) is 0 Å². The summed E-state index contributed by atoms with van der Waals surface area (Å²) in [7, 11) is -65.8. The van der Waals surface area contributed by atoms with Crippen molar-refractivity contribution in [2.45, 2.75) is 64.9 Å². The molecule has 58 nitrogen and oxygen atoms in total. The zero-order valence-corrected chi connectivity index (χ0v) is 76.5. The van der Waals surface area contributed by atoms with Gasteiger partial charge in [-0.3, -0.25) is 18.1 Å². The van der Waals surface area contributed by atoms with Crippen LogP contribution in [-0.2, 0) is 107 Å². The number of phosphoric acid groups is 12. The first-order chi connectivity index (χ1) is 58.7. The summed E-state index contributed by atoms with van der Waals surface area (Å²) in [5.74, 6) is -2.81. The van der Waals surface area contributed by atoms with Gasteiger partial charge in [-0.15, -0.1) is 6.42 Å². The smallest absolute Gasteiger partial charge is 0.396 e. The maximum Gasteiger partial charge on any atom is 0.490 e. The van der Waals surface area contributed by atoms with E-state index in [4.69, 9.17) is 54.6 Å². The second-order valence-electron chi connectivity index (χ2n) is 27.8. The molecule has 0 bridgehead atoms. The first kappa shape index (κ1) is 106. The van der Waals surface area contributed by atoms with Crippen LogP contribution < -0.4 is 0 Å². The van der Waals surface area contributed by atoms with Gasteiger partial charge >= 0.3 is 93.9 Å². The van der Waals surface area contributed by atoms with Crippen LogP contribution in [0.3, 0.4) is 0 Å². The van der Waals surface area contributed by atoms with E-state index < -0.39 is 216 Å². The summed E-state index contributed by atoms with van der Waals surface area (Å²) in [6.07, 6.45) is 15.9. The number of terminal acetylenes is 1. The molecule has 0 spiro atoms. The van der Waals surface area contributed by atoms with Crippen LogP contribution in [0.5, 0.6) is 0 Å². The molecular formula is C57H79FN14O44P12. The number of aryl methyl sites for hydroxylation is 4. The third kappa shape index (κ3) is 25.5. The van der Waals surface area contributed by atoms with Gasteiger partial charge in [0.15, 0.2) is 17.1 Å². The summed E-state index contributed by atoms with van der Waals surface area (Å²) in [5, 5.41) is 40.9. The molecule has 8 aromatic heterocycles. The monoisotopic (exact) mass is 2050 g/mol. The Bertz CT molecular complexity index is 6290. The lowest BCUT2D eigenvalue weighted by Gasteiger charge is -2.53. The lowest BCUT2D eigenvalue weighted by atomic mass is 9.54. The molecule has 12 rings (SSSR count). The van der Waals surface area contributed by atoms with Gasteiger partial charge in [-0.05, 0) is 63.0 Å². The number of halogens is 1. The van der Waals surface area contributed by atoms with Crippen LogP contribution in [0.4, 0.5) is 4.39 Å². The maximum absolute atomic E-state index is 14.4. The molecule has 8 aromatic rings. The van der Waals surface area contributed by atoms with E-state index in [1.165, 1.54) is 55.7 Å². The molecule has 128 heavy (non-hydrogen) atoms. The largest absolute Gasteiger partial charge is 0.490 e. The van der Waals surface area contributed by atoms with Crippen molar-refractivity contribution in [1.82, 2.24) is 68.1 Å². The topological polar surface area (TPSA) is 869 Å². The van der Waals surface area contributed by atoms with Crippen molar-refractivity contribution in [3.8, 4) is 12.3 Å². The van der Waals surface area contributed by atoms with Crippen molar-refractivity contribution in [2.75, 3.05) is 46.2 Å². The lowest BCUT2D eigenvalue weighted by Crippen LogP contribution is -2.54. The molecular weight excluding hydrogens is 1980 g/mol. The fraction of sp³-hybridized carbons (Fsp3) is 0.439. The number of hydrogen-bond donors (Lipinski definition) is 20. The van der Waals surface area contributed by atoms with E-state index in [0.717, 1.165) is 11.1 Å². The van der Waals surface area contributed by atoms with Crippen LogP contribution in [0.15, 0.2) is 105 Å². The number of nitrogens with zero attached hydrogens (tertiary/aromatic N) is 14. The van der Waals surface area contributed by atoms with E-state index in [-0.39, 0.29) is 23.2 Å². The zero-order chi connectivity index (χ0) is 96.1. The molecule has 20 N–H and O–H groups in total. The number of phosphoric ester groups is 4. The maximum atomic E-state index is 14.4. The van der Waals surface area contributed by atoms with Crippen LogP contribution in [0.25, 0.3) is 44.4 Å². The van der Waals surface area contributed by atoms with Crippen molar-refractivity contribution in [3.05, 3.63) is 134 Å². The van der Waals surface area contributed by atoms with Crippen LogP contribution in [0, 0.1) is 92.7 Å². The van der Waals surface area contributed by atoms with Crippen molar-refractivity contribution >= 4 is 138 Å². The SMILES string of the molecule is C#C[C@]1(COP(=O)(O)OP(=O)(O)OP(=O)(O)O)C(=C)[C@@H](n2cnc3c(C)ncnc32)[C@@H]1CO.C=C1[C@@H](n2cc(F)c3c(C)ncnc32)[C@H](CO)[C@H]1COP(=O)(O)OP(=O)(O)OP(=O)(O)O.C=C1[C@@H](n2ccc3c(C)ncnc32)[C@H](CO)[C@H]1COP(=O)(O)OP(=O)(O)OP(=O)(O)O.C=C1[C@@H](n2cnc3c(C)ncnc32)[C@H](C(C)O)[C@H]1COP(=O)(O)OP(=O)(O)OP(=O)(O)O. The van der Waals surface area contributed by atoms with Crippen molar-refractivity contribution in [2.24, 2.45) is 46.8 Å². The molecule has 4 aliphatic rings. The van der Waals surface area contributed by atoms with E-state index in [1.807, 2.05) is 13.0 Å². The summed E-state index contributed by atoms with van der Waals surface area (Å²) in [4.78, 5) is 185. The molecule has 8 heterocycles. The van der Waals surface area contributed by atoms with E-state index in [0.29, 0.717) is 61.8 Å². The molecule has 0 aromatic carbocycles. The highest BCUT2D eigenvalue weighted by Gasteiger charge is 2.60. The minimum Gasteiger partial charge on any atom is -0.396 e. The molecule has 4 aliphatic carbocycles. The van der Waals surface area contributed by atoms with Gasteiger partial charge in [0.25, 0.3) is 0 Å². The minimum absolute atomic E-state index is 0.189. The number of hydrogen-bond acceptors (Lipinski definition) is 38. The number of aliphatic hydroxyl groups is 4. The number of imidazole rings is 2. The normalized spacial score (nSPS) is 26.1. The van der Waals surface area contributed by atoms with Crippen molar-refractivity contribution in [1.29, 1.82) is 0 Å². The first-order valence-corrected chi connectivity index (χ1v) is 53.2. The van der Waals surface area contributed by atoms with Gasteiger partial charge in [0, 0.05) is 72.4 Å². The predicted molar refractivity (Wildman–Crippen MR) is 425 cm³/mol. The van der Waals surface area contributed by atoms with Crippen LogP contribution in [0.2, 0.25) is 0 Å². The van der Waals surface area contributed by atoms with Gasteiger partial charge in [0.05, 0.1) is 110 Å². The van der Waals surface area contributed by atoms with Gasteiger partial charge < -0.3 is 117 Å². The summed E-state index contributed by atoms with van der Waals surface area (Å²) >= 11 is 0. The molecule has 0 saturated heterocycles. The highest BCUT2D eigenvalue weighted by Crippen LogP contribution is 2.72. The van der Waals surface area contributed by atoms with E-state index in [1.54, 1.807) is 40.7 Å². The Labute approximate surface area is 717 Å². The van der Waals surface area contributed by atoms with Gasteiger partial charge in [-0.1, -0.05) is 32.2 Å². The molecule has 708 valence electrons. The third-order valence-corrected chi connectivity index (χ3v) is 34.9. The zero-order valence-electron chi connectivity index (χ0n) is 65.7. The average molecular weight is 2050 g/mol. The molecule has 71 heteroatoms. The second-order valence-corrected chi connectivity index (χ2v) is 45.5. The lowest BCUT2D eigenvalue weighted by molar-refractivity contribution is 0.00190. The molecule has 0 aliphatic heterocycles. The highest BCUT2D eigenvalue weighted by molar-refractivity contribution is 7.68. The van der Waals surface area contributed by atoms with E-state index >= 15 is 0 Å². The Balaban J connectivity index is 0.000000193. The summed E-state index contributed by atoms with van der Waals surface area (Å²) < 4.78 is 205. The minimum atomic E-state index is -5.69. The standard InChI is InChI=1S/C15H19N4O11P3.C14H19FN3O11P3.C14H21N4O11P3.C14H20N3O11P3/c1-4-15(6-28-32(24,25)30-33(26,27)29-31(21,22)23)9(2)13(11(15)5-20)19-8-18-12-10(3)16-7-17-14(12)19;1-7-10(5-27-31(23,24)29-32(25,26)28-30(20,21)22)9(4-19)13(7)18-3-11(15)12-8(2)16-6-17-14(12)18;1-7-10(4-27-31(23,24)29-32(25,26)28-30(20,21)22)11(9(3)19)13(7)18-6-17-12-8(2)15-5-16-14(12)18;1-8-12(6-26-30(22,23)28-31(24,25)27-29(19,20)21)11(5-18)13(8)17-4-3-10-9(2)15-7-16-14(10)17/h1,7-8,11,13,20H,2,5-6H2,3H3,(H,24,25)(H,26,27)(H2,21,22,23);3,6,9-10,13,19H,1,4-5H2,2H3,(H,23,24)(H,25,26)(H2,20,21,22);5-6,9-11,13,19H,1,4H2,2-3H3,(H,23,24)(H,25,26)(H2,20,21,22);3-4,7,11-13,18H,1,5-6H2,2H3,(H,22,23)(H,24,25)(H2,19,20,21)/t11-,13+,15-;9-,10+,13-;9?,10-,11+,13+;11-,12+,13-/m0101/s1. The number of aliphatic hydroxyl groups excluding tert-OH is 4. The Morgan fingerprint density at radius 2 is 0.789 bits per heavy atom. The molecule has 4 fully saturated rings. The highest BCUT2D eigenvalue weighted by atomic mass is 31.3. The Morgan fingerprint density at radius 1 is 0.438 bits per heavy atom. The van der Waals surface area contributed by atoms with Gasteiger partial charge in [0.2, 0.25) is 0 Å². The van der Waals surface area contributed by atoms with E-state index in [9.17, 15) is 119 Å². The number of fused-ring (bicyclic) bond motifs is 4. The predicted octanol–water partition coefficient (Wildman–Crippen LogP) is 5.00. The van der Waals surface area contributed by atoms with Gasteiger partial charge in [-0.2, -0.15) is 34.5 Å². The van der Waals surface area contributed by atoms with Crippen LogP contribution in [-0.4, -0.2) is 219 Å². The van der Waals surface area contributed by atoms with E-state index in [2.05, 4.69) is 126 Å². The third-order valence-electron chi connectivity index (χ3n) is 19.7. The first-order valence-electron chi connectivity index (χ1n) is 35.1. The van der Waals surface area contributed by atoms with Gasteiger partial charge in [-0.25, -0.2) is 109 Å². The average Bonchev–Trinajstić information content (AvgIpc) is 1.12. The second kappa shape index (κ2) is 39.7. The quantitative estimate of drug-likeness (QED) is 0.0140. The van der Waals surface area contributed by atoms with Crippen LogP contribution >= 0.6 is 93.9 Å². The molecule has 21 atom stereocenters. The van der Waals surface area contributed by atoms with Crippen LogP contribution in [0.1, 0.15) is 53.9 Å². The Hall–Kier alpha value is -5.73. The number of aromatic nitrogens is 14. The summed E-state index contributed by atoms with van der Waals surface area (Å²) in [6, 6.07) is -0.341. The fourth-order valence-corrected chi connectivity index (χ4v) is 26.6. The summed E-state index contributed by atoms with van der Waals surface area (Å²) in [5.41, 5.74) is 5.46. The molecule has 0 radical (unpaired) electrons. The number of rotatable bonds is 36. The summed E-state index contributed by atoms with van der Waals surface area (Å²) in [6.45, 7) is 20.2. The molecule has 9 unspecified atom stereocenters. The molecule has 0 amide bonds. The Kier molecular flexibility index (Phi) is 32.8. The Morgan fingerprint density at radius 3 is 1.17 bits per heavy atom. The van der Waals surface area contributed by atoms with Gasteiger partial charge in [0.1, 0.15) is 47.6 Å². The molecule has 4 saturated carbocycles.